The van der Waals surface area contributed by atoms with Gasteiger partial charge in [-0.2, -0.15) is 5.10 Å². The van der Waals surface area contributed by atoms with Crippen molar-refractivity contribution in [3.63, 3.8) is 0 Å². The van der Waals surface area contributed by atoms with Crippen molar-refractivity contribution in [1.82, 2.24) is 19.5 Å². The van der Waals surface area contributed by atoms with Crippen LogP contribution in [0.2, 0.25) is 18.1 Å². The van der Waals surface area contributed by atoms with E-state index in [4.69, 9.17) is 29.7 Å². The van der Waals surface area contributed by atoms with Crippen LogP contribution < -0.4 is 20.2 Å². The number of fused-ring (bicyclic) bond motifs is 1. The van der Waals surface area contributed by atoms with Gasteiger partial charge in [-0.05, 0) is 94.1 Å². The Bertz CT molecular complexity index is 1860. The van der Waals surface area contributed by atoms with Crippen LogP contribution in [0.4, 0.5) is 16.2 Å². The van der Waals surface area contributed by atoms with E-state index >= 15 is 0 Å². The highest BCUT2D eigenvalue weighted by molar-refractivity contribution is 6.74. The highest BCUT2D eigenvalue weighted by Gasteiger charge is 2.39. The maximum absolute atomic E-state index is 13.0. The molecule has 0 saturated carbocycles. The first-order valence-electron chi connectivity index (χ1n) is 17.4. The lowest BCUT2D eigenvalue weighted by atomic mass is 10.0. The number of rotatable bonds is 9. The molecule has 12 heteroatoms. The molecule has 0 aliphatic carbocycles. The number of nitrogens with zero attached hydrogens (tertiary/aromatic N) is 5. The van der Waals surface area contributed by atoms with Crippen LogP contribution in [0.1, 0.15) is 72.4 Å². The number of hydrogen-bond donors (Lipinski definition) is 2. The number of ether oxygens (including phenoxy) is 2. The van der Waals surface area contributed by atoms with E-state index in [1.807, 2.05) is 55.7 Å². The van der Waals surface area contributed by atoms with Crippen molar-refractivity contribution in [3.8, 4) is 22.8 Å². The van der Waals surface area contributed by atoms with Gasteiger partial charge >= 0.3 is 6.09 Å². The van der Waals surface area contributed by atoms with E-state index in [0.29, 0.717) is 30.4 Å². The minimum absolute atomic E-state index is 0.0482. The molecule has 3 aromatic heterocycles. The maximum Gasteiger partial charge on any atom is 0.410 e. The van der Waals surface area contributed by atoms with E-state index in [9.17, 15) is 4.79 Å². The van der Waals surface area contributed by atoms with Crippen molar-refractivity contribution in [3.05, 3.63) is 66.1 Å². The van der Waals surface area contributed by atoms with E-state index in [1.54, 1.807) is 24.4 Å². The van der Waals surface area contributed by atoms with Gasteiger partial charge in [0.25, 0.3) is 0 Å². The zero-order chi connectivity index (χ0) is 36.4. The number of benzene rings is 1. The van der Waals surface area contributed by atoms with Gasteiger partial charge in [-0.15, -0.1) is 0 Å². The lowest BCUT2D eigenvalue weighted by Crippen LogP contribution is -2.47. The largest absolute Gasteiger partial charge is 0.543 e. The predicted octanol–water partition coefficient (Wildman–Crippen LogP) is 8.20. The number of piperidine rings is 1. The van der Waals surface area contributed by atoms with Crippen molar-refractivity contribution in [2.75, 3.05) is 25.5 Å². The minimum atomic E-state index is -2.01. The molecule has 11 nitrogen and oxygen atoms in total. The summed E-state index contributed by atoms with van der Waals surface area (Å²) in [4.78, 5) is 24.2. The quantitative estimate of drug-likeness (QED) is 0.102. The number of methoxy groups -OCH3 is 1. The highest BCUT2D eigenvalue weighted by Crippen LogP contribution is 2.38. The van der Waals surface area contributed by atoms with Gasteiger partial charge in [0.05, 0.1) is 35.8 Å². The van der Waals surface area contributed by atoms with Gasteiger partial charge < -0.3 is 29.9 Å². The fourth-order valence-electron chi connectivity index (χ4n) is 5.68. The van der Waals surface area contributed by atoms with Crippen LogP contribution in [0.3, 0.4) is 0 Å². The summed E-state index contributed by atoms with van der Waals surface area (Å²) in [5.74, 6) is 1.74. The molecular formula is C38H53N7O4Si. The van der Waals surface area contributed by atoms with Gasteiger partial charge in [0.15, 0.2) is 0 Å². The topological polar surface area (TPSA) is 129 Å². The van der Waals surface area contributed by atoms with E-state index in [1.165, 1.54) is 0 Å². The molecule has 1 amide bonds. The predicted molar refractivity (Wildman–Crippen MR) is 203 cm³/mol. The number of aryl methyl sites for hydroxylation is 1. The van der Waals surface area contributed by atoms with Gasteiger partial charge in [-0.25, -0.2) is 19.3 Å². The van der Waals surface area contributed by atoms with Gasteiger partial charge in [-0.3, -0.25) is 0 Å². The third kappa shape index (κ3) is 8.40. The average molecular weight is 700 g/mol. The zero-order valence-corrected chi connectivity index (χ0v) is 32.3. The number of amidine groups is 1. The third-order valence-corrected chi connectivity index (χ3v) is 13.8. The van der Waals surface area contributed by atoms with Crippen molar-refractivity contribution < 1.29 is 18.7 Å². The van der Waals surface area contributed by atoms with E-state index in [2.05, 4.69) is 63.2 Å². The number of likely N-dealkylation sites (tertiary alicyclic amines) is 1. The number of pyridine rings is 1. The van der Waals surface area contributed by atoms with E-state index in [-0.39, 0.29) is 17.2 Å². The second kappa shape index (κ2) is 14.3. The monoisotopic (exact) mass is 699 g/mol. The second-order valence-corrected chi connectivity index (χ2v) is 20.2. The van der Waals surface area contributed by atoms with E-state index in [0.717, 1.165) is 58.6 Å². The number of anilines is 1. The SMILES string of the molecule is CCc1cc(O[Si](C)(C)C(C)(C)C)ccc1/N=C(\N)c1cnn2cc(-c3ccc(OC)nc3)cc2c1NC1CCCN(C(=O)OC(C)(C)C)C1. The van der Waals surface area contributed by atoms with Crippen molar-refractivity contribution >= 4 is 37.1 Å². The molecule has 0 bridgehead atoms. The summed E-state index contributed by atoms with van der Waals surface area (Å²) >= 11 is 0. The molecule has 4 heterocycles. The molecule has 1 aromatic carbocycles. The molecular weight excluding hydrogens is 647 g/mol. The normalized spacial score (nSPS) is 16.0. The Balaban J connectivity index is 1.53. The first-order chi connectivity index (χ1) is 23.5. The lowest BCUT2D eigenvalue weighted by Gasteiger charge is -2.36. The molecule has 3 N–H and O–H groups in total. The number of carbonyl (C=O) groups is 1. The number of nitrogens with one attached hydrogen (secondary N) is 1. The Kier molecular flexibility index (Phi) is 10.5. The molecule has 1 atom stereocenters. The second-order valence-electron chi connectivity index (χ2n) is 15.5. The molecule has 1 unspecified atom stereocenters. The van der Waals surface area contributed by atoms with E-state index < -0.39 is 13.9 Å². The molecule has 1 aliphatic rings. The molecule has 0 radical (unpaired) electrons. The minimum Gasteiger partial charge on any atom is -0.543 e. The number of carbonyl (C=O) groups excluding carboxylic acids is 1. The molecule has 268 valence electrons. The smallest absolute Gasteiger partial charge is 0.410 e. The number of amides is 1. The van der Waals surface area contributed by atoms with Crippen LogP contribution in [0.5, 0.6) is 11.6 Å². The van der Waals surface area contributed by atoms with Gasteiger partial charge in [0.2, 0.25) is 14.2 Å². The maximum atomic E-state index is 13.0. The third-order valence-electron chi connectivity index (χ3n) is 9.47. The summed E-state index contributed by atoms with van der Waals surface area (Å²) in [6, 6.07) is 11.9. The fourth-order valence-corrected chi connectivity index (χ4v) is 6.70. The van der Waals surface area contributed by atoms with Crippen LogP contribution in [0, 0.1) is 0 Å². The number of hydrogen-bond acceptors (Lipinski definition) is 8. The first kappa shape index (κ1) is 36.7. The summed E-state index contributed by atoms with van der Waals surface area (Å²) in [6.07, 6.45) is 7.66. The van der Waals surface area contributed by atoms with Crippen LogP contribution in [0.15, 0.2) is 60.0 Å². The van der Waals surface area contributed by atoms with Crippen LogP contribution in [0.25, 0.3) is 16.6 Å². The molecule has 1 fully saturated rings. The Morgan fingerprint density at radius 1 is 1.08 bits per heavy atom. The van der Waals surface area contributed by atoms with Gasteiger partial charge in [-0.1, -0.05) is 27.7 Å². The summed E-state index contributed by atoms with van der Waals surface area (Å²) < 4.78 is 19.4. The highest BCUT2D eigenvalue weighted by atomic mass is 28.4. The summed E-state index contributed by atoms with van der Waals surface area (Å²) in [6.45, 7) is 20.1. The molecule has 50 heavy (non-hydrogen) atoms. The summed E-state index contributed by atoms with van der Waals surface area (Å²) in [5, 5.41) is 8.58. The lowest BCUT2D eigenvalue weighted by molar-refractivity contribution is 0.0206. The van der Waals surface area contributed by atoms with Crippen molar-refractivity contribution in [1.29, 1.82) is 0 Å². The number of nitrogens with two attached hydrogens (primary N) is 1. The molecule has 1 aliphatic heterocycles. The zero-order valence-electron chi connectivity index (χ0n) is 31.3. The number of aromatic nitrogens is 3. The first-order valence-corrected chi connectivity index (χ1v) is 20.3. The Morgan fingerprint density at radius 2 is 1.84 bits per heavy atom. The summed E-state index contributed by atoms with van der Waals surface area (Å²) in [5.41, 5.74) is 12.3. The van der Waals surface area contributed by atoms with Gasteiger partial charge in [0, 0.05) is 48.7 Å². The Hall–Kier alpha value is -4.58. The van der Waals surface area contributed by atoms with Crippen LogP contribution in [-0.2, 0) is 11.2 Å². The Morgan fingerprint density at radius 3 is 2.48 bits per heavy atom. The fraction of sp³-hybridized carbons (Fsp3) is 0.474. The average Bonchev–Trinajstić information content (AvgIpc) is 3.49. The molecule has 1 saturated heterocycles. The van der Waals surface area contributed by atoms with Crippen LogP contribution in [-0.4, -0.2) is 71.6 Å². The summed E-state index contributed by atoms with van der Waals surface area (Å²) in [7, 11) is -0.415. The Labute approximate surface area is 297 Å². The standard InChI is InChI=1S/C38H53N7O4Si/c1-11-25-19-29(49-50(9,10)38(5,6)7)15-16-31(25)43-35(39)30-22-41-45-23-27(26-14-17-33(47-8)40-21-26)20-32(45)34(30)42-28-13-12-18-44(24-28)36(46)48-37(2,3)4/h14-17,19-23,28,42H,11-13,18,24H2,1-10H3,(H2,39,43). The molecule has 5 rings (SSSR count). The van der Waals surface area contributed by atoms with Crippen molar-refractivity contribution in [2.45, 2.75) is 97.5 Å². The van der Waals surface area contributed by atoms with Gasteiger partial charge in [0.1, 0.15) is 17.2 Å². The van der Waals surface area contributed by atoms with Crippen molar-refractivity contribution in [2.24, 2.45) is 10.7 Å². The van der Waals surface area contributed by atoms with Crippen LogP contribution >= 0.6 is 0 Å². The molecule has 0 spiro atoms. The molecule has 4 aromatic rings. The number of aliphatic imine (C=N–C) groups is 1.